The van der Waals surface area contributed by atoms with Crippen LogP contribution in [0.25, 0.3) is 0 Å². The van der Waals surface area contributed by atoms with Crippen molar-refractivity contribution < 1.29 is 9.47 Å². The van der Waals surface area contributed by atoms with Gasteiger partial charge >= 0.3 is 0 Å². The largest absolute Gasteiger partial charge is 0.378 e. The van der Waals surface area contributed by atoms with Gasteiger partial charge in [-0.1, -0.05) is 0 Å². The predicted molar refractivity (Wildman–Crippen MR) is 80.9 cm³/mol. The Labute approximate surface area is 126 Å². The molecule has 2 aliphatic heterocycles. The van der Waals surface area contributed by atoms with Gasteiger partial charge in [0, 0.05) is 37.1 Å². The molecule has 2 unspecified atom stereocenters. The Hall–Kier alpha value is 0.0600. The third kappa shape index (κ3) is 3.58. The first-order chi connectivity index (χ1) is 9.26. The molecule has 1 aromatic rings. The Morgan fingerprint density at radius 3 is 3.11 bits per heavy atom. The van der Waals surface area contributed by atoms with Crippen LogP contribution in [0, 0.1) is 0 Å². The maximum absolute atomic E-state index is 5.96. The van der Waals surface area contributed by atoms with Crippen LogP contribution in [0.4, 0.5) is 0 Å². The van der Waals surface area contributed by atoms with Gasteiger partial charge in [0.25, 0.3) is 0 Å². The minimum atomic E-state index is 0.0158. The molecular weight excluding hydrogens is 326 g/mol. The van der Waals surface area contributed by atoms with Crippen LogP contribution in [-0.4, -0.2) is 38.0 Å². The van der Waals surface area contributed by atoms with Gasteiger partial charge in [0.05, 0.1) is 16.0 Å². The van der Waals surface area contributed by atoms with E-state index in [2.05, 4.69) is 33.4 Å². The summed E-state index contributed by atoms with van der Waals surface area (Å²) in [4.78, 5) is 1.44. The Bertz CT molecular complexity index is 417. The van der Waals surface area contributed by atoms with Crippen molar-refractivity contribution in [2.45, 2.75) is 37.3 Å². The van der Waals surface area contributed by atoms with Gasteiger partial charge < -0.3 is 14.8 Å². The molecule has 2 saturated heterocycles. The van der Waals surface area contributed by atoms with E-state index in [1.165, 1.54) is 8.66 Å². The standard InChI is InChI=1S/C14H20BrNO2S/c15-13-2-1-12(19-13)3-6-16-11-4-7-18-14(9-11)5-8-17-10-14/h1-2,11,16H,3-10H2. The molecule has 2 atom stereocenters. The fraction of sp³-hybridized carbons (Fsp3) is 0.714. The maximum Gasteiger partial charge on any atom is 0.0951 e. The zero-order valence-electron chi connectivity index (χ0n) is 11.0. The van der Waals surface area contributed by atoms with Crippen molar-refractivity contribution in [3.63, 3.8) is 0 Å². The molecule has 106 valence electrons. The third-order valence-electron chi connectivity index (χ3n) is 3.99. The molecule has 3 nitrogen and oxygen atoms in total. The van der Waals surface area contributed by atoms with Crippen LogP contribution in [0.15, 0.2) is 15.9 Å². The van der Waals surface area contributed by atoms with Crippen molar-refractivity contribution in [1.82, 2.24) is 5.32 Å². The minimum absolute atomic E-state index is 0.0158. The number of halogens is 1. The Kier molecular flexibility index (Phi) is 4.59. The van der Waals surface area contributed by atoms with E-state index in [4.69, 9.17) is 9.47 Å². The van der Waals surface area contributed by atoms with Crippen LogP contribution in [0.5, 0.6) is 0 Å². The lowest BCUT2D eigenvalue weighted by Gasteiger charge is -2.37. The maximum atomic E-state index is 5.96. The number of hydrogen-bond acceptors (Lipinski definition) is 4. The fourth-order valence-electron chi connectivity index (χ4n) is 2.95. The first-order valence-electron chi connectivity index (χ1n) is 6.95. The minimum Gasteiger partial charge on any atom is -0.378 e. The van der Waals surface area contributed by atoms with Crippen LogP contribution < -0.4 is 5.32 Å². The van der Waals surface area contributed by atoms with Crippen LogP contribution in [0.3, 0.4) is 0 Å². The second-order valence-corrected chi connectivity index (χ2v) is 7.98. The van der Waals surface area contributed by atoms with Gasteiger partial charge in [-0.3, -0.25) is 0 Å². The van der Waals surface area contributed by atoms with Crippen molar-refractivity contribution >= 4 is 27.3 Å². The van der Waals surface area contributed by atoms with Crippen LogP contribution in [0.2, 0.25) is 0 Å². The highest BCUT2D eigenvalue weighted by atomic mass is 79.9. The normalized spacial score (nSPS) is 31.1. The first kappa shape index (κ1) is 14.0. The molecule has 0 amide bonds. The summed E-state index contributed by atoms with van der Waals surface area (Å²) in [7, 11) is 0. The molecule has 0 aliphatic carbocycles. The van der Waals surface area contributed by atoms with Crippen molar-refractivity contribution in [2.24, 2.45) is 0 Å². The van der Waals surface area contributed by atoms with Gasteiger partial charge in [-0.2, -0.15) is 0 Å². The predicted octanol–water partition coefficient (Wildman–Crippen LogP) is 2.98. The SMILES string of the molecule is Brc1ccc(CCNC2CCOC3(CCOC3)C2)s1. The van der Waals surface area contributed by atoms with E-state index in [1.807, 2.05) is 11.3 Å². The summed E-state index contributed by atoms with van der Waals surface area (Å²) in [6, 6.07) is 4.91. The van der Waals surface area contributed by atoms with E-state index in [1.54, 1.807) is 0 Å². The summed E-state index contributed by atoms with van der Waals surface area (Å²) in [5.41, 5.74) is 0.0158. The highest BCUT2D eigenvalue weighted by molar-refractivity contribution is 9.11. The zero-order valence-corrected chi connectivity index (χ0v) is 13.4. The smallest absolute Gasteiger partial charge is 0.0951 e. The van der Waals surface area contributed by atoms with Gasteiger partial charge in [0.15, 0.2) is 0 Å². The summed E-state index contributed by atoms with van der Waals surface area (Å²) in [5, 5.41) is 3.69. The zero-order chi connectivity index (χ0) is 13.1. The molecule has 19 heavy (non-hydrogen) atoms. The van der Waals surface area contributed by atoms with E-state index >= 15 is 0 Å². The van der Waals surface area contributed by atoms with Crippen LogP contribution >= 0.6 is 27.3 Å². The topological polar surface area (TPSA) is 30.5 Å². The highest BCUT2D eigenvalue weighted by Gasteiger charge is 2.40. The molecule has 0 bridgehead atoms. The van der Waals surface area contributed by atoms with Crippen molar-refractivity contribution in [3.05, 3.63) is 20.8 Å². The lowest BCUT2D eigenvalue weighted by Crippen LogP contribution is -2.47. The lowest BCUT2D eigenvalue weighted by molar-refractivity contribution is -0.0891. The Balaban J connectivity index is 1.45. The first-order valence-corrected chi connectivity index (χ1v) is 8.56. The van der Waals surface area contributed by atoms with Crippen molar-refractivity contribution in [3.8, 4) is 0 Å². The fourth-order valence-corrected chi connectivity index (χ4v) is 4.43. The van der Waals surface area contributed by atoms with E-state index in [0.717, 1.165) is 52.0 Å². The number of nitrogens with one attached hydrogen (secondary N) is 1. The number of rotatable bonds is 4. The molecule has 5 heteroatoms. The van der Waals surface area contributed by atoms with E-state index in [9.17, 15) is 0 Å². The molecule has 3 rings (SSSR count). The van der Waals surface area contributed by atoms with Crippen molar-refractivity contribution in [2.75, 3.05) is 26.4 Å². The summed E-state index contributed by atoms with van der Waals surface area (Å²) in [6.07, 6.45) is 4.39. The van der Waals surface area contributed by atoms with E-state index in [-0.39, 0.29) is 5.60 Å². The summed E-state index contributed by atoms with van der Waals surface area (Å²) in [6.45, 7) is 3.55. The second-order valence-electron chi connectivity index (χ2n) is 5.43. The van der Waals surface area contributed by atoms with Crippen molar-refractivity contribution in [1.29, 1.82) is 0 Å². The second kappa shape index (κ2) is 6.22. The molecule has 0 aromatic carbocycles. The van der Waals surface area contributed by atoms with E-state index < -0.39 is 0 Å². The molecule has 1 aromatic heterocycles. The molecule has 2 fully saturated rings. The molecular formula is C14H20BrNO2S. The average Bonchev–Trinajstić information content (AvgIpc) is 3.00. The highest BCUT2D eigenvalue weighted by Crippen LogP contribution is 2.32. The quantitative estimate of drug-likeness (QED) is 0.909. The van der Waals surface area contributed by atoms with E-state index in [0.29, 0.717) is 6.04 Å². The monoisotopic (exact) mass is 345 g/mol. The third-order valence-corrected chi connectivity index (χ3v) is 5.68. The van der Waals surface area contributed by atoms with Gasteiger partial charge in [-0.25, -0.2) is 0 Å². The van der Waals surface area contributed by atoms with Crippen LogP contribution in [0.1, 0.15) is 24.1 Å². The molecule has 0 radical (unpaired) electrons. The number of thiophene rings is 1. The average molecular weight is 346 g/mol. The van der Waals surface area contributed by atoms with Gasteiger partial charge in [0.2, 0.25) is 0 Å². The summed E-state index contributed by atoms with van der Waals surface area (Å²) >= 11 is 5.33. The Morgan fingerprint density at radius 2 is 2.37 bits per heavy atom. The summed E-state index contributed by atoms with van der Waals surface area (Å²) in [5.74, 6) is 0. The lowest BCUT2D eigenvalue weighted by atomic mass is 9.89. The van der Waals surface area contributed by atoms with Gasteiger partial charge in [-0.15, -0.1) is 11.3 Å². The van der Waals surface area contributed by atoms with Gasteiger partial charge in [-0.05, 0) is 47.3 Å². The molecule has 2 aliphatic rings. The van der Waals surface area contributed by atoms with Crippen LogP contribution in [-0.2, 0) is 15.9 Å². The molecule has 0 saturated carbocycles. The number of ether oxygens (including phenoxy) is 2. The molecule has 3 heterocycles. The molecule has 1 spiro atoms. The Morgan fingerprint density at radius 1 is 1.42 bits per heavy atom. The molecule has 1 N–H and O–H groups in total. The van der Waals surface area contributed by atoms with Gasteiger partial charge in [0.1, 0.15) is 0 Å². The number of hydrogen-bond donors (Lipinski definition) is 1. The summed E-state index contributed by atoms with van der Waals surface area (Å²) < 4.78 is 12.7.